The Balaban J connectivity index is 1.86. The standard InChI is InChI=1S/C23H31N2OS/c1-17(2)23(27-21-13-11-18(3)12-14-21)22(19-8-5-6-9-19)24-25-15-7-10-20(25)16-26-4/h5-6,8-9,11-14,17,20,23H,7,10,15-16H2,1-4H3/b24-22-/t20-,23+/m0/s1. The molecule has 2 aliphatic rings. The van der Waals surface area contributed by atoms with Crippen molar-refractivity contribution >= 4 is 17.5 Å². The number of methoxy groups -OCH3 is 1. The van der Waals surface area contributed by atoms with Gasteiger partial charge in [0.05, 0.1) is 23.6 Å². The van der Waals surface area contributed by atoms with Gasteiger partial charge < -0.3 is 4.74 Å². The summed E-state index contributed by atoms with van der Waals surface area (Å²) in [5, 5.41) is 7.77. The van der Waals surface area contributed by atoms with Gasteiger partial charge in [0.1, 0.15) is 0 Å². The maximum atomic E-state index is 5.43. The Morgan fingerprint density at radius 2 is 1.93 bits per heavy atom. The van der Waals surface area contributed by atoms with E-state index in [-0.39, 0.29) is 0 Å². The highest BCUT2D eigenvalue weighted by Crippen LogP contribution is 2.37. The fourth-order valence-corrected chi connectivity index (χ4v) is 4.70. The van der Waals surface area contributed by atoms with Gasteiger partial charge in [-0.05, 0) is 63.5 Å². The van der Waals surface area contributed by atoms with Crippen molar-refractivity contribution in [3.63, 3.8) is 0 Å². The number of aryl methyl sites for hydroxylation is 1. The number of benzene rings is 1. The lowest BCUT2D eigenvalue weighted by Gasteiger charge is -2.29. The predicted molar refractivity (Wildman–Crippen MR) is 115 cm³/mol. The Hall–Kier alpha value is -1.00. The molecule has 4 heteroatoms. The Kier molecular flexibility index (Phi) is 7.66. The molecule has 1 saturated heterocycles. The number of thioether (sulfide) groups is 1. The molecule has 2 atom stereocenters. The Labute approximate surface area is 169 Å². The summed E-state index contributed by atoms with van der Waals surface area (Å²) in [7, 11) is 1.78. The first-order valence-corrected chi connectivity index (χ1v) is 10.8. The number of ether oxygens (including phenoxy) is 1. The summed E-state index contributed by atoms with van der Waals surface area (Å²) in [5.41, 5.74) is 2.48. The van der Waals surface area contributed by atoms with Gasteiger partial charge >= 0.3 is 0 Å². The molecule has 0 aromatic heterocycles. The van der Waals surface area contributed by atoms with Crippen LogP contribution >= 0.6 is 11.8 Å². The molecule has 2 fully saturated rings. The number of rotatable bonds is 8. The minimum absolute atomic E-state index is 0.305. The first kappa shape index (κ1) is 20.7. The maximum Gasteiger partial charge on any atom is 0.0704 e. The summed E-state index contributed by atoms with van der Waals surface area (Å²) < 4.78 is 5.43. The van der Waals surface area contributed by atoms with E-state index in [2.05, 4.69) is 75.7 Å². The lowest BCUT2D eigenvalue weighted by atomic mass is 9.93. The second-order valence-corrected chi connectivity index (χ2v) is 8.88. The largest absolute Gasteiger partial charge is 0.382 e. The van der Waals surface area contributed by atoms with Gasteiger partial charge in [0.2, 0.25) is 0 Å². The van der Waals surface area contributed by atoms with Crippen LogP contribution in [0.4, 0.5) is 0 Å². The third-order valence-corrected chi connectivity index (χ3v) is 6.62. The van der Waals surface area contributed by atoms with Crippen LogP contribution in [0.25, 0.3) is 0 Å². The SMILES string of the molecule is COC[C@@H]1CCCN1/N=C(/[C]1[CH][CH][CH][CH]1)[C@H](Sc1ccc(C)cc1)C(C)C. The topological polar surface area (TPSA) is 24.8 Å². The van der Waals surface area contributed by atoms with E-state index < -0.39 is 0 Å². The van der Waals surface area contributed by atoms with Crippen LogP contribution in [0.1, 0.15) is 32.3 Å². The molecule has 3 nitrogen and oxygen atoms in total. The molecular formula is C23H31N2OS. The Morgan fingerprint density at radius 1 is 1.22 bits per heavy atom. The number of hydrogen-bond acceptors (Lipinski definition) is 4. The van der Waals surface area contributed by atoms with Gasteiger partial charge in [-0.25, -0.2) is 0 Å². The quantitative estimate of drug-likeness (QED) is 0.467. The molecular weight excluding hydrogens is 352 g/mol. The van der Waals surface area contributed by atoms with Crippen LogP contribution in [0.2, 0.25) is 0 Å². The number of nitrogens with zero attached hydrogens (tertiary/aromatic N) is 2. The average molecular weight is 384 g/mol. The van der Waals surface area contributed by atoms with Crippen molar-refractivity contribution in [1.29, 1.82) is 0 Å². The molecule has 1 aromatic carbocycles. The minimum atomic E-state index is 0.305. The molecule has 0 unspecified atom stereocenters. The molecule has 1 heterocycles. The molecule has 5 radical (unpaired) electrons. The Bertz CT molecular complexity index is 607. The van der Waals surface area contributed by atoms with Crippen molar-refractivity contribution in [3.05, 3.63) is 61.4 Å². The van der Waals surface area contributed by atoms with Gasteiger partial charge in [0, 0.05) is 24.5 Å². The van der Waals surface area contributed by atoms with Crippen molar-refractivity contribution in [2.24, 2.45) is 11.0 Å². The van der Waals surface area contributed by atoms with E-state index in [9.17, 15) is 0 Å². The fourth-order valence-electron chi connectivity index (χ4n) is 3.55. The zero-order valence-corrected chi connectivity index (χ0v) is 17.7. The highest BCUT2D eigenvalue weighted by molar-refractivity contribution is 8.00. The van der Waals surface area contributed by atoms with E-state index >= 15 is 0 Å². The summed E-state index contributed by atoms with van der Waals surface area (Å²) in [6.07, 6.45) is 10.9. The van der Waals surface area contributed by atoms with Gasteiger partial charge in [-0.3, -0.25) is 5.01 Å². The highest BCUT2D eigenvalue weighted by Gasteiger charge is 2.33. The maximum absolute atomic E-state index is 5.43. The van der Waals surface area contributed by atoms with Crippen molar-refractivity contribution in [2.75, 3.05) is 20.3 Å². The van der Waals surface area contributed by atoms with E-state index in [1.54, 1.807) is 7.11 Å². The summed E-state index contributed by atoms with van der Waals surface area (Å²) in [4.78, 5) is 1.30. The number of hydrazone groups is 1. The molecule has 3 rings (SSSR count). The van der Waals surface area contributed by atoms with Crippen LogP contribution in [0.15, 0.2) is 34.3 Å². The van der Waals surface area contributed by atoms with E-state index in [0.717, 1.165) is 19.6 Å². The van der Waals surface area contributed by atoms with Gasteiger partial charge in [0.15, 0.2) is 0 Å². The molecule has 0 N–H and O–H groups in total. The molecule has 1 aliphatic heterocycles. The van der Waals surface area contributed by atoms with E-state index in [1.807, 2.05) is 11.8 Å². The van der Waals surface area contributed by atoms with Crippen LogP contribution in [-0.4, -0.2) is 42.3 Å². The third kappa shape index (κ3) is 5.51. The van der Waals surface area contributed by atoms with Gasteiger partial charge in [-0.15, -0.1) is 11.8 Å². The second kappa shape index (κ2) is 9.97. The van der Waals surface area contributed by atoms with Crippen molar-refractivity contribution in [2.45, 2.75) is 49.8 Å². The van der Waals surface area contributed by atoms with E-state index in [1.165, 1.54) is 28.5 Å². The first-order chi connectivity index (χ1) is 13.1. The smallest absolute Gasteiger partial charge is 0.0704 e. The second-order valence-electron chi connectivity index (χ2n) is 7.67. The monoisotopic (exact) mass is 383 g/mol. The minimum Gasteiger partial charge on any atom is -0.382 e. The van der Waals surface area contributed by atoms with E-state index in [0.29, 0.717) is 17.2 Å². The van der Waals surface area contributed by atoms with Crippen molar-refractivity contribution < 1.29 is 4.74 Å². The summed E-state index contributed by atoms with van der Waals surface area (Å²) in [6, 6.07) is 9.21. The first-order valence-electron chi connectivity index (χ1n) is 9.88. The van der Waals surface area contributed by atoms with E-state index in [4.69, 9.17) is 9.84 Å². The van der Waals surface area contributed by atoms with Crippen molar-refractivity contribution in [3.8, 4) is 0 Å². The Morgan fingerprint density at radius 3 is 2.56 bits per heavy atom. The molecule has 0 amide bonds. The molecule has 145 valence electrons. The van der Waals surface area contributed by atoms with Gasteiger partial charge in [-0.1, -0.05) is 31.5 Å². The highest BCUT2D eigenvalue weighted by atomic mass is 32.2. The molecule has 27 heavy (non-hydrogen) atoms. The van der Waals surface area contributed by atoms with Crippen LogP contribution < -0.4 is 0 Å². The number of hydrogen-bond donors (Lipinski definition) is 0. The molecule has 0 spiro atoms. The fraction of sp³-hybridized carbons (Fsp3) is 0.478. The van der Waals surface area contributed by atoms with Gasteiger partial charge in [0.25, 0.3) is 0 Å². The molecule has 1 aromatic rings. The van der Waals surface area contributed by atoms with Crippen LogP contribution in [-0.2, 0) is 4.74 Å². The predicted octanol–water partition coefficient (Wildman–Crippen LogP) is 4.98. The summed E-state index contributed by atoms with van der Waals surface area (Å²) in [6.45, 7) is 8.48. The molecule has 0 bridgehead atoms. The van der Waals surface area contributed by atoms with Crippen LogP contribution in [0.5, 0.6) is 0 Å². The van der Waals surface area contributed by atoms with Crippen LogP contribution in [0.3, 0.4) is 0 Å². The zero-order chi connectivity index (χ0) is 19.2. The van der Waals surface area contributed by atoms with Gasteiger partial charge in [-0.2, -0.15) is 5.10 Å². The average Bonchev–Trinajstić information content (AvgIpc) is 3.32. The summed E-state index contributed by atoms with van der Waals surface area (Å²) >= 11 is 1.92. The third-order valence-electron chi connectivity index (χ3n) is 5.06. The lowest BCUT2D eigenvalue weighted by molar-refractivity contribution is 0.117. The van der Waals surface area contributed by atoms with Crippen molar-refractivity contribution in [1.82, 2.24) is 5.01 Å². The molecule has 1 aliphatic carbocycles. The summed E-state index contributed by atoms with van der Waals surface area (Å²) in [5.74, 6) is 1.71. The van der Waals surface area contributed by atoms with Crippen LogP contribution in [0, 0.1) is 44.4 Å². The zero-order valence-electron chi connectivity index (χ0n) is 16.9. The lowest BCUT2D eigenvalue weighted by Crippen LogP contribution is -2.35. The molecule has 1 saturated carbocycles. The normalized spacial score (nSPS) is 22.8.